The quantitative estimate of drug-likeness (QED) is 0.740. The molecule has 0 aliphatic carbocycles. The van der Waals surface area contributed by atoms with E-state index in [-0.39, 0.29) is 10.9 Å². The van der Waals surface area contributed by atoms with Crippen LogP contribution < -0.4 is 5.32 Å². The molecule has 3 nitrogen and oxygen atoms in total. The van der Waals surface area contributed by atoms with E-state index in [1.807, 2.05) is 0 Å². The van der Waals surface area contributed by atoms with Crippen LogP contribution in [0.2, 0.25) is 0 Å². The molecule has 0 aromatic rings. The molecule has 1 unspecified atom stereocenters. The minimum atomic E-state index is -3.56. The van der Waals surface area contributed by atoms with Gasteiger partial charge in [0.1, 0.15) is 0 Å². The van der Waals surface area contributed by atoms with Crippen molar-refractivity contribution < 1.29 is 8.42 Å². The van der Waals surface area contributed by atoms with E-state index in [1.165, 1.54) is 0 Å². The highest BCUT2D eigenvalue weighted by Crippen LogP contribution is 2.19. The highest BCUT2D eigenvalue weighted by Gasteiger charge is 2.19. The van der Waals surface area contributed by atoms with Gasteiger partial charge in [0.25, 0.3) is 9.05 Å². The van der Waals surface area contributed by atoms with Crippen molar-refractivity contribution in [3.8, 4) is 0 Å². The van der Waals surface area contributed by atoms with Gasteiger partial charge in [-0.3, -0.25) is 0 Å². The third-order valence-corrected chi connectivity index (χ3v) is 3.74. The SMILES string of the molecule is C=C(CC1CCCCN1)S(=O)(=O)Cl. The maximum Gasteiger partial charge on any atom is 0.256 e. The summed E-state index contributed by atoms with van der Waals surface area (Å²) in [7, 11) is 1.58. The van der Waals surface area contributed by atoms with Gasteiger partial charge in [-0.1, -0.05) is 13.0 Å². The summed E-state index contributed by atoms with van der Waals surface area (Å²) < 4.78 is 21.7. The molecule has 1 saturated heterocycles. The zero-order chi connectivity index (χ0) is 9.90. The standard InChI is InChI=1S/C8H14ClNO2S/c1-7(13(9,11)12)6-8-4-2-3-5-10-8/h8,10H,1-6H2. The predicted octanol–water partition coefficient (Wildman–Crippen LogP) is 1.60. The molecular formula is C8H14ClNO2S. The molecule has 1 atom stereocenters. The van der Waals surface area contributed by atoms with Gasteiger partial charge in [-0.25, -0.2) is 8.42 Å². The van der Waals surface area contributed by atoms with Gasteiger partial charge in [0.05, 0.1) is 4.91 Å². The molecule has 0 saturated carbocycles. The molecule has 0 spiro atoms. The third-order valence-electron chi connectivity index (χ3n) is 2.23. The first-order valence-corrected chi connectivity index (χ1v) is 6.67. The van der Waals surface area contributed by atoms with E-state index in [1.54, 1.807) is 0 Å². The fraction of sp³-hybridized carbons (Fsp3) is 0.750. The normalized spacial score (nSPS) is 24.2. The highest BCUT2D eigenvalue weighted by atomic mass is 35.7. The molecule has 0 radical (unpaired) electrons. The molecule has 1 N–H and O–H groups in total. The van der Waals surface area contributed by atoms with Crippen molar-refractivity contribution in [2.24, 2.45) is 0 Å². The predicted molar refractivity (Wildman–Crippen MR) is 54.2 cm³/mol. The molecule has 1 rings (SSSR count). The molecule has 1 aliphatic rings. The minimum absolute atomic E-state index is 0.119. The maximum atomic E-state index is 10.8. The third kappa shape index (κ3) is 3.67. The topological polar surface area (TPSA) is 46.2 Å². The summed E-state index contributed by atoms with van der Waals surface area (Å²) in [6, 6.07) is 0.231. The average Bonchev–Trinajstić information content (AvgIpc) is 2.04. The van der Waals surface area contributed by atoms with Crippen molar-refractivity contribution in [2.45, 2.75) is 31.7 Å². The molecule has 76 valence electrons. The van der Waals surface area contributed by atoms with Crippen LogP contribution in [0.25, 0.3) is 0 Å². The Labute approximate surface area is 83.6 Å². The first-order valence-electron chi connectivity index (χ1n) is 4.36. The van der Waals surface area contributed by atoms with Gasteiger partial charge in [-0.2, -0.15) is 0 Å². The van der Waals surface area contributed by atoms with Crippen LogP contribution in [0.3, 0.4) is 0 Å². The van der Waals surface area contributed by atoms with Crippen LogP contribution in [0, 0.1) is 0 Å². The largest absolute Gasteiger partial charge is 0.314 e. The van der Waals surface area contributed by atoms with E-state index in [4.69, 9.17) is 10.7 Å². The van der Waals surface area contributed by atoms with Crippen molar-refractivity contribution in [3.05, 3.63) is 11.5 Å². The Kier molecular flexibility index (Phi) is 3.76. The molecule has 1 fully saturated rings. The van der Waals surface area contributed by atoms with Crippen LogP contribution in [0.5, 0.6) is 0 Å². The summed E-state index contributed by atoms with van der Waals surface area (Å²) in [5, 5.41) is 3.24. The zero-order valence-corrected chi connectivity index (χ0v) is 9.00. The minimum Gasteiger partial charge on any atom is -0.314 e. The van der Waals surface area contributed by atoms with Gasteiger partial charge in [-0.15, -0.1) is 0 Å². The van der Waals surface area contributed by atoms with E-state index in [0.29, 0.717) is 6.42 Å². The number of rotatable bonds is 3. The number of halogens is 1. The van der Waals surface area contributed by atoms with Crippen LogP contribution in [0.1, 0.15) is 25.7 Å². The molecule has 13 heavy (non-hydrogen) atoms. The number of hydrogen-bond acceptors (Lipinski definition) is 3. The van der Waals surface area contributed by atoms with E-state index in [9.17, 15) is 8.42 Å². The summed E-state index contributed by atoms with van der Waals surface area (Å²) >= 11 is 0. The van der Waals surface area contributed by atoms with E-state index >= 15 is 0 Å². The molecule has 5 heteroatoms. The first kappa shape index (κ1) is 11.0. The molecule has 1 aliphatic heterocycles. The average molecular weight is 224 g/mol. The van der Waals surface area contributed by atoms with Gasteiger partial charge in [-0.05, 0) is 25.8 Å². The lowest BCUT2D eigenvalue weighted by Crippen LogP contribution is -2.34. The fourth-order valence-corrected chi connectivity index (χ4v) is 2.06. The number of piperidine rings is 1. The molecular weight excluding hydrogens is 210 g/mol. The van der Waals surface area contributed by atoms with Crippen LogP contribution in [-0.2, 0) is 9.05 Å². The Hall–Kier alpha value is -0.0600. The van der Waals surface area contributed by atoms with Crippen molar-refractivity contribution in [1.82, 2.24) is 5.32 Å². The molecule has 0 aromatic heterocycles. The van der Waals surface area contributed by atoms with Gasteiger partial charge in [0, 0.05) is 16.7 Å². The lowest BCUT2D eigenvalue weighted by atomic mass is 10.0. The monoisotopic (exact) mass is 223 g/mol. The number of nitrogens with one attached hydrogen (secondary N) is 1. The summed E-state index contributed by atoms with van der Waals surface area (Å²) in [4.78, 5) is 0.119. The van der Waals surface area contributed by atoms with E-state index in [2.05, 4.69) is 11.9 Å². The fourth-order valence-electron chi connectivity index (χ4n) is 1.47. The van der Waals surface area contributed by atoms with Gasteiger partial charge >= 0.3 is 0 Å². The van der Waals surface area contributed by atoms with Crippen molar-refractivity contribution >= 4 is 19.7 Å². The van der Waals surface area contributed by atoms with E-state index in [0.717, 1.165) is 25.8 Å². The maximum absolute atomic E-state index is 10.8. The Morgan fingerprint density at radius 2 is 2.23 bits per heavy atom. The second-order valence-corrected chi connectivity index (χ2v) is 6.00. The number of hydrogen-bond donors (Lipinski definition) is 1. The van der Waals surface area contributed by atoms with Crippen molar-refractivity contribution in [3.63, 3.8) is 0 Å². The molecule has 0 amide bonds. The molecule has 1 heterocycles. The first-order chi connectivity index (χ1) is 6.00. The summed E-state index contributed by atoms with van der Waals surface area (Å²) in [5.41, 5.74) is 0. The van der Waals surface area contributed by atoms with Crippen LogP contribution in [0.15, 0.2) is 11.5 Å². The van der Waals surface area contributed by atoms with Crippen LogP contribution in [-0.4, -0.2) is 21.0 Å². The molecule has 0 aromatic carbocycles. The summed E-state index contributed by atoms with van der Waals surface area (Å²) in [6.45, 7) is 4.42. The lowest BCUT2D eigenvalue weighted by molar-refractivity contribution is 0.401. The Balaban J connectivity index is 2.44. The smallest absolute Gasteiger partial charge is 0.256 e. The summed E-state index contributed by atoms with van der Waals surface area (Å²) in [5.74, 6) is 0. The van der Waals surface area contributed by atoms with Crippen LogP contribution in [0.4, 0.5) is 0 Å². The van der Waals surface area contributed by atoms with Crippen molar-refractivity contribution in [2.75, 3.05) is 6.54 Å². The second-order valence-electron chi connectivity index (χ2n) is 3.33. The molecule has 0 bridgehead atoms. The van der Waals surface area contributed by atoms with Crippen molar-refractivity contribution in [1.29, 1.82) is 0 Å². The van der Waals surface area contributed by atoms with E-state index < -0.39 is 9.05 Å². The Morgan fingerprint density at radius 3 is 2.69 bits per heavy atom. The Bertz CT molecular complexity index is 281. The summed E-state index contributed by atoms with van der Waals surface area (Å²) in [6.07, 6.45) is 3.75. The van der Waals surface area contributed by atoms with Gasteiger partial charge in [0.15, 0.2) is 0 Å². The van der Waals surface area contributed by atoms with Gasteiger partial charge in [0.2, 0.25) is 0 Å². The second kappa shape index (κ2) is 4.44. The van der Waals surface area contributed by atoms with Gasteiger partial charge < -0.3 is 5.32 Å². The Morgan fingerprint density at radius 1 is 1.54 bits per heavy atom. The zero-order valence-electron chi connectivity index (χ0n) is 7.42. The van der Waals surface area contributed by atoms with Crippen LogP contribution >= 0.6 is 10.7 Å². The highest BCUT2D eigenvalue weighted by molar-refractivity contribution is 8.16. The lowest BCUT2D eigenvalue weighted by Gasteiger charge is -2.23.